The van der Waals surface area contributed by atoms with E-state index in [2.05, 4.69) is 10.1 Å². The van der Waals surface area contributed by atoms with Gasteiger partial charge < -0.3 is 14.5 Å². The fourth-order valence-corrected chi connectivity index (χ4v) is 1.66. The van der Waals surface area contributed by atoms with Crippen molar-refractivity contribution in [2.75, 3.05) is 12.4 Å². The predicted octanol–water partition coefficient (Wildman–Crippen LogP) is 3.13. The van der Waals surface area contributed by atoms with E-state index in [0.717, 1.165) is 0 Å². The highest BCUT2D eigenvalue weighted by Gasteiger charge is 2.11. The number of carbonyl (C=O) groups is 1. The molecule has 1 aromatic carbocycles. The van der Waals surface area contributed by atoms with Crippen molar-refractivity contribution < 1.29 is 18.3 Å². The zero-order valence-corrected chi connectivity index (χ0v) is 10.7. The molecule has 1 aromatic heterocycles. The van der Waals surface area contributed by atoms with Gasteiger partial charge in [0, 0.05) is 11.3 Å². The minimum atomic E-state index is -0.520. The lowest BCUT2D eigenvalue weighted by Gasteiger charge is -2.08. The Labute approximate surface area is 110 Å². The van der Waals surface area contributed by atoms with Crippen molar-refractivity contribution in [2.45, 2.75) is 13.5 Å². The standard InChI is InChI=1S/C14H14FNO3/c1-9-11(15)4-3-5-12(9)16-8-10-6-7-13(19-10)14(17)18-2/h3-7,16H,8H2,1-2H3. The highest BCUT2D eigenvalue weighted by Crippen LogP contribution is 2.19. The van der Waals surface area contributed by atoms with Gasteiger partial charge in [0.15, 0.2) is 0 Å². The Hall–Kier alpha value is -2.30. The van der Waals surface area contributed by atoms with Crippen molar-refractivity contribution in [3.05, 3.63) is 53.2 Å². The summed E-state index contributed by atoms with van der Waals surface area (Å²) < 4.78 is 23.2. The lowest BCUT2D eigenvalue weighted by atomic mass is 10.2. The van der Waals surface area contributed by atoms with Crippen molar-refractivity contribution in [3.63, 3.8) is 0 Å². The van der Waals surface area contributed by atoms with Gasteiger partial charge in [0.2, 0.25) is 5.76 Å². The Morgan fingerprint density at radius 3 is 2.89 bits per heavy atom. The van der Waals surface area contributed by atoms with E-state index in [1.807, 2.05) is 0 Å². The van der Waals surface area contributed by atoms with Crippen molar-refractivity contribution in [1.82, 2.24) is 0 Å². The summed E-state index contributed by atoms with van der Waals surface area (Å²) in [6.07, 6.45) is 0. The van der Waals surface area contributed by atoms with Gasteiger partial charge in [0.1, 0.15) is 11.6 Å². The fraction of sp³-hybridized carbons (Fsp3) is 0.214. The highest BCUT2D eigenvalue weighted by molar-refractivity contribution is 5.86. The van der Waals surface area contributed by atoms with Crippen LogP contribution in [-0.4, -0.2) is 13.1 Å². The Balaban J connectivity index is 2.04. The van der Waals surface area contributed by atoms with Gasteiger partial charge in [-0.3, -0.25) is 0 Å². The Kier molecular flexibility index (Phi) is 3.85. The van der Waals surface area contributed by atoms with E-state index in [0.29, 0.717) is 23.6 Å². The maximum absolute atomic E-state index is 13.3. The van der Waals surface area contributed by atoms with E-state index < -0.39 is 5.97 Å². The van der Waals surface area contributed by atoms with Crippen LogP contribution in [0.4, 0.5) is 10.1 Å². The predicted molar refractivity (Wildman–Crippen MR) is 68.5 cm³/mol. The van der Waals surface area contributed by atoms with Crippen LogP contribution >= 0.6 is 0 Å². The van der Waals surface area contributed by atoms with E-state index in [9.17, 15) is 9.18 Å². The first-order chi connectivity index (χ1) is 9.11. The zero-order chi connectivity index (χ0) is 13.8. The molecule has 0 saturated carbocycles. The molecule has 0 aliphatic heterocycles. The first-order valence-electron chi connectivity index (χ1n) is 5.78. The van der Waals surface area contributed by atoms with Crippen molar-refractivity contribution >= 4 is 11.7 Å². The van der Waals surface area contributed by atoms with Crippen LogP contribution in [0.3, 0.4) is 0 Å². The molecular weight excluding hydrogens is 249 g/mol. The number of benzene rings is 1. The smallest absolute Gasteiger partial charge is 0.373 e. The molecule has 0 spiro atoms. The van der Waals surface area contributed by atoms with Crippen LogP contribution in [0, 0.1) is 12.7 Å². The summed E-state index contributed by atoms with van der Waals surface area (Å²) in [7, 11) is 1.29. The third-order valence-electron chi connectivity index (χ3n) is 2.77. The number of methoxy groups -OCH3 is 1. The Morgan fingerprint density at radius 2 is 2.16 bits per heavy atom. The number of hydrogen-bond acceptors (Lipinski definition) is 4. The molecule has 19 heavy (non-hydrogen) atoms. The zero-order valence-electron chi connectivity index (χ0n) is 10.7. The molecule has 0 bridgehead atoms. The van der Waals surface area contributed by atoms with Crippen molar-refractivity contribution in [2.24, 2.45) is 0 Å². The molecule has 0 amide bonds. The topological polar surface area (TPSA) is 51.5 Å². The van der Waals surface area contributed by atoms with Gasteiger partial charge in [-0.25, -0.2) is 9.18 Å². The van der Waals surface area contributed by atoms with Crippen LogP contribution in [0.1, 0.15) is 21.9 Å². The molecule has 0 fully saturated rings. The average Bonchev–Trinajstić information content (AvgIpc) is 2.88. The number of halogens is 1. The molecular formula is C14H14FNO3. The summed E-state index contributed by atoms with van der Waals surface area (Å²) in [5.41, 5.74) is 1.23. The van der Waals surface area contributed by atoms with E-state index in [1.54, 1.807) is 31.2 Å². The van der Waals surface area contributed by atoms with Gasteiger partial charge in [-0.2, -0.15) is 0 Å². The van der Waals surface area contributed by atoms with Crippen LogP contribution in [0.2, 0.25) is 0 Å². The number of nitrogens with one attached hydrogen (secondary N) is 1. The molecule has 2 aromatic rings. The van der Waals surface area contributed by atoms with Crippen LogP contribution in [0.15, 0.2) is 34.7 Å². The van der Waals surface area contributed by atoms with Gasteiger partial charge in [0.25, 0.3) is 0 Å². The maximum atomic E-state index is 13.3. The van der Waals surface area contributed by atoms with Crippen LogP contribution in [-0.2, 0) is 11.3 Å². The number of furan rings is 1. The maximum Gasteiger partial charge on any atom is 0.373 e. The number of anilines is 1. The number of ether oxygens (including phenoxy) is 1. The summed E-state index contributed by atoms with van der Waals surface area (Å²) in [6.45, 7) is 2.06. The van der Waals surface area contributed by atoms with Crippen LogP contribution < -0.4 is 5.32 Å². The summed E-state index contributed by atoms with van der Waals surface area (Å²) >= 11 is 0. The first kappa shape index (κ1) is 13.1. The molecule has 1 N–H and O–H groups in total. The van der Waals surface area contributed by atoms with Gasteiger partial charge in [-0.1, -0.05) is 6.07 Å². The lowest BCUT2D eigenvalue weighted by molar-refractivity contribution is 0.0563. The van der Waals surface area contributed by atoms with Crippen LogP contribution in [0.5, 0.6) is 0 Å². The van der Waals surface area contributed by atoms with Gasteiger partial charge in [-0.05, 0) is 31.2 Å². The molecule has 1 heterocycles. The first-order valence-corrected chi connectivity index (χ1v) is 5.78. The number of esters is 1. The molecule has 4 nitrogen and oxygen atoms in total. The quantitative estimate of drug-likeness (QED) is 0.861. The number of carbonyl (C=O) groups excluding carboxylic acids is 1. The van der Waals surface area contributed by atoms with E-state index in [4.69, 9.17) is 4.42 Å². The van der Waals surface area contributed by atoms with Crippen molar-refractivity contribution in [3.8, 4) is 0 Å². The van der Waals surface area contributed by atoms with E-state index in [-0.39, 0.29) is 11.6 Å². The van der Waals surface area contributed by atoms with E-state index >= 15 is 0 Å². The fourth-order valence-electron chi connectivity index (χ4n) is 1.66. The molecule has 0 saturated heterocycles. The van der Waals surface area contributed by atoms with E-state index in [1.165, 1.54) is 13.2 Å². The minimum Gasteiger partial charge on any atom is -0.463 e. The second-order valence-corrected chi connectivity index (χ2v) is 4.02. The summed E-state index contributed by atoms with van der Waals surface area (Å²) in [5.74, 6) is -0.0628. The summed E-state index contributed by atoms with van der Waals surface area (Å²) in [4.78, 5) is 11.2. The third kappa shape index (κ3) is 2.93. The third-order valence-corrected chi connectivity index (χ3v) is 2.77. The highest BCUT2D eigenvalue weighted by atomic mass is 19.1. The second kappa shape index (κ2) is 5.56. The van der Waals surface area contributed by atoms with Gasteiger partial charge in [0.05, 0.1) is 13.7 Å². The minimum absolute atomic E-state index is 0.148. The molecule has 0 aliphatic carbocycles. The monoisotopic (exact) mass is 263 g/mol. The average molecular weight is 263 g/mol. The normalized spacial score (nSPS) is 10.3. The largest absolute Gasteiger partial charge is 0.463 e. The van der Waals surface area contributed by atoms with Gasteiger partial charge in [-0.15, -0.1) is 0 Å². The molecule has 0 aliphatic rings. The van der Waals surface area contributed by atoms with Crippen molar-refractivity contribution in [1.29, 1.82) is 0 Å². The lowest BCUT2D eigenvalue weighted by Crippen LogP contribution is -2.02. The molecule has 5 heteroatoms. The molecule has 0 radical (unpaired) electrons. The number of hydrogen-bond donors (Lipinski definition) is 1. The Morgan fingerprint density at radius 1 is 1.37 bits per heavy atom. The molecule has 0 atom stereocenters. The molecule has 0 unspecified atom stereocenters. The van der Waals surface area contributed by atoms with Crippen LogP contribution in [0.25, 0.3) is 0 Å². The summed E-state index contributed by atoms with van der Waals surface area (Å²) in [5, 5.41) is 3.05. The molecule has 2 rings (SSSR count). The second-order valence-electron chi connectivity index (χ2n) is 4.02. The summed E-state index contributed by atoms with van der Waals surface area (Å²) in [6, 6.07) is 8.03. The Bertz CT molecular complexity index is 592. The SMILES string of the molecule is COC(=O)c1ccc(CNc2cccc(F)c2C)o1. The molecule has 100 valence electrons. The number of rotatable bonds is 4. The van der Waals surface area contributed by atoms with Gasteiger partial charge >= 0.3 is 5.97 Å².